The quantitative estimate of drug-likeness (QED) is 0.371. The molecule has 4 aromatic rings. The summed E-state index contributed by atoms with van der Waals surface area (Å²) in [6.07, 6.45) is 2.22. The molecule has 0 N–H and O–H groups in total. The summed E-state index contributed by atoms with van der Waals surface area (Å²) in [5.74, 6) is 0. The molecule has 24 heavy (non-hydrogen) atoms. The van der Waals surface area contributed by atoms with E-state index in [9.17, 15) is 0 Å². The lowest BCUT2D eigenvalue weighted by Crippen LogP contribution is -3.00. The zero-order valence-corrected chi connectivity index (χ0v) is 14.9. The zero-order valence-electron chi connectivity index (χ0n) is 14.2. The Hall–Kier alpha value is -2.38. The number of pyridine rings is 1. The number of rotatable bonds is 1. The maximum atomic E-state index is 2.33. The van der Waals surface area contributed by atoms with Gasteiger partial charge in [-0.25, -0.2) is 4.57 Å². The summed E-state index contributed by atoms with van der Waals surface area (Å²) in [6.45, 7) is 4.33. The highest BCUT2D eigenvalue weighted by Crippen LogP contribution is 2.30. The number of fused-ring (bicyclic) bond motifs is 3. The van der Waals surface area contributed by atoms with E-state index in [1.165, 1.54) is 43.9 Å². The number of halogens is 1. The van der Waals surface area contributed by atoms with E-state index in [4.69, 9.17) is 0 Å². The van der Waals surface area contributed by atoms with Gasteiger partial charge in [-0.05, 0) is 43.2 Å². The van der Waals surface area contributed by atoms with Gasteiger partial charge in [0.15, 0.2) is 6.20 Å². The Labute approximate surface area is 149 Å². The first-order valence-electron chi connectivity index (χ1n) is 8.02. The molecule has 0 aliphatic rings. The highest BCUT2D eigenvalue weighted by atomic mass is 35.5. The predicted molar refractivity (Wildman–Crippen MR) is 97.5 cm³/mol. The van der Waals surface area contributed by atoms with Gasteiger partial charge in [-0.2, -0.15) is 0 Å². The highest BCUT2D eigenvalue weighted by Gasteiger charge is 2.14. The van der Waals surface area contributed by atoms with Crippen molar-refractivity contribution < 1.29 is 17.0 Å². The van der Waals surface area contributed by atoms with Gasteiger partial charge in [-0.15, -0.1) is 0 Å². The molecular formula is C22H20ClN. The van der Waals surface area contributed by atoms with Crippen LogP contribution in [-0.2, 0) is 7.05 Å². The van der Waals surface area contributed by atoms with Gasteiger partial charge in [0.2, 0.25) is 5.52 Å². The average Bonchev–Trinajstić information content (AvgIpc) is 2.55. The molecule has 0 aliphatic heterocycles. The molecule has 0 fully saturated rings. The smallest absolute Gasteiger partial charge is 0.215 e. The van der Waals surface area contributed by atoms with Crippen LogP contribution in [0.4, 0.5) is 0 Å². The van der Waals surface area contributed by atoms with Crippen molar-refractivity contribution in [3.8, 4) is 11.1 Å². The third-order valence-electron chi connectivity index (χ3n) is 4.62. The lowest BCUT2D eigenvalue weighted by atomic mass is 9.96. The first kappa shape index (κ1) is 16.5. The zero-order chi connectivity index (χ0) is 16.0. The lowest BCUT2D eigenvalue weighted by Gasteiger charge is -2.09. The van der Waals surface area contributed by atoms with E-state index in [0.29, 0.717) is 0 Å². The molecule has 0 bridgehead atoms. The van der Waals surface area contributed by atoms with Gasteiger partial charge < -0.3 is 12.4 Å². The fourth-order valence-corrected chi connectivity index (χ4v) is 3.49. The number of benzene rings is 3. The van der Waals surface area contributed by atoms with Crippen LogP contribution >= 0.6 is 0 Å². The normalized spacial score (nSPS) is 10.8. The van der Waals surface area contributed by atoms with Crippen LogP contribution in [0.15, 0.2) is 66.9 Å². The van der Waals surface area contributed by atoms with Crippen molar-refractivity contribution in [1.82, 2.24) is 0 Å². The van der Waals surface area contributed by atoms with Crippen LogP contribution in [0.1, 0.15) is 11.1 Å². The van der Waals surface area contributed by atoms with Crippen LogP contribution in [-0.4, -0.2) is 0 Å². The molecule has 1 heterocycles. The first-order chi connectivity index (χ1) is 11.1. The molecule has 1 aromatic heterocycles. The van der Waals surface area contributed by atoms with E-state index in [1.807, 2.05) is 0 Å². The molecule has 0 unspecified atom stereocenters. The topological polar surface area (TPSA) is 3.88 Å². The van der Waals surface area contributed by atoms with E-state index in [2.05, 4.69) is 92.3 Å². The summed E-state index contributed by atoms with van der Waals surface area (Å²) in [5.41, 5.74) is 6.47. The Kier molecular flexibility index (Phi) is 4.29. The lowest BCUT2D eigenvalue weighted by molar-refractivity contribution is -0.643. The van der Waals surface area contributed by atoms with Crippen molar-refractivity contribution in [3.63, 3.8) is 0 Å². The standard InChI is InChI=1S/C22H20N.ClH/c1-15-8-10-17(11-9-15)19-12-16(2)22-21(13-19)20-7-5-4-6-18(20)14-23(22)3;/h4-14H,1-3H3;1H/q+1;/p-1. The van der Waals surface area contributed by atoms with E-state index in [-0.39, 0.29) is 12.4 Å². The van der Waals surface area contributed by atoms with E-state index < -0.39 is 0 Å². The van der Waals surface area contributed by atoms with Crippen LogP contribution in [0.5, 0.6) is 0 Å². The number of aromatic nitrogens is 1. The first-order valence-corrected chi connectivity index (χ1v) is 8.02. The molecule has 0 aliphatic carbocycles. The molecule has 1 nitrogen and oxygen atoms in total. The summed E-state index contributed by atoms with van der Waals surface area (Å²) < 4.78 is 2.24. The van der Waals surface area contributed by atoms with Crippen molar-refractivity contribution >= 4 is 21.7 Å². The summed E-state index contributed by atoms with van der Waals surface area (Å²) in [7, 11) is 2.13. The second kappa shape index (κ2) is 6.26. The van der Waals surface area contributed by atoms with Crippen LogP contribution < -0.4 is 17.0 Å². The second-order valence-corrected chi connectivity index (χ2v) is 6.38. The molecule has 0 atom stereocenters. The number of nitrogens with zero attached hydrogens (tertiary/aromatic N) is 1. The van der Waals surface area contributed by atoms with Gasteiger partial charge in [-0.1, -0.05) is 48.0 Å². The molecule has 0 radical (unpaired) electrons. The molecule has 3 aromatic carbocycles. The third kappa shape index (κ3) is 2.65. The molecule has 0 amide bonds. The van der Waals surface area contributed by atoms with Crippen LogP contribution in [0.25, 0.3) is 32.8 Å². The van der Waals surface area contributed by atoms with Gasteiger partial charge in [-0.3, -0.25) is 0 Å². The number of hydrogen-bond acceptors (Lipinski definition) is 0. The highest BCUT2D eigenvalue weighted by molar-refractivity contribution is 6.06. The Balaban J connectivity index is 0.00000169. The maximum absolute atomic E-state index is 2.33. The van der Waals surface area contributed by atoms with E-state index in [1.54, 1.807) is 0 Å². The average molecular weight is 334 g/mol. The Morgan fingerprint density at radius 3 is 2.21 bits per heavy atom. The van der Waals surface area contributed by atoms with Crippen molar-refractivity contribution in [2.75, 3.05) is 0 Å². The van der Waals surface area contributed by atoms with Crippen molar-refractivity contribution in [2.45, 2.75) is 13.8 Å². The minimum atomic E-state index is 0. The van der Waals surface area contributed by atoms with Gasteiger partial charge in [0.05, 0.1) is 5.39 Å². The van der Waals surface area contributed by atoms with Crippen LogP contribution in [0, 0.1) is 13.8 Å². The maximum Gasteiger partial charge on any atom is 0.215 e. The number of hydrogen-bond donors (Lipinski definition) is 0. The minimum Gasteiger partial charge on any atom is -1.00 e. The van der Waals surface area contributed by atoms with Gasteiger partial charge in [0.1, 0.15) is 7.05 Å². The fraction of sp³-hybridized carbons (Fsp3) is 0.136. The molecule has 0 saturated heterocycles. The summed E-state index contributed by atoms with van der Waals surface area (Å²) in [6, 6.07) is 22.0. The van der Waals surface area contributed by atoms with Gasteiger partial charge in [0, 0.05) is 16.3 Å². The minimum absolute atomic E-state index is 0. The van der Waals surface area contributed by atoms with Crippen LogP contribution in [0.3, 0.4) is 0 Å². The molecule has 4 rings (SSSR count). The van der Waals surface area contributed by atoms with Gasteiger partial charge >= 0.3 is 0 Å². The third-order valence-corrected chi connectivity index (χ3v) is 4.62. The summed E-state index contributed by atoms with van der Waals surface area (Å²) in [4.78, 5) is 0. The number of aryl methyl sites for hydroxylation is 3. The predicted octanol–water partition coefficient (Wildman–Crippen LogP) is 2.11. The van der Waals surface area contributed by atoms with Gasteiger partial charge in [0.25, 0.3) is 0 Å². The van der Waals surface area contributed by atoms with E-state index in [0.717, 1.165) is 0 Å². The Morgan fingerprint density at radius 2 is 1.46 bits per heavy atom. The van der Waals surface area contributed by atoms with Crippen molar-refractivity contribution in [2.24, 2.45) is 7.05 Å². The summed E-state index contributed by atoms with van der Waals surface area (Å²) in [5, 5.41) is 3.92. The Bertz CT molecular complexity index is 1030. The van der Waals surface area contributed by atoms with Crippen LogP contribution in [0.2, 0.25) is 0 Å². The SMILES string of the molecule is Cc1ccc(-c2cc(C)c3c(c2)c2ccccc2c[n+]3C)cc1.[Cl-]. The van der Waals surface area contributed by atoms with E-state index >= 15 is 0 Å². The van der Waals surface area contributed by atoms with Crippen molar-refractivity contribution in [1.29, 1.82) is 0 Å². The van der Waals surface area contributed by atoms with Crippen molar-refractivity contribution in [3.05, 3.63) is 78.0 Å². The molecule has 0 saturated carbocycles. The fourth-order valence-electron chi connectivity index (χ4n) is 3.49. The monoisotopic (exact) mass is 333 g/mol. The largest absolute Gasteiger partial charge is 1.00 e. The Morgan fingerprint density at radius 1 is 0.750 bits per heavy atom. The summed E-state index contributed by atoms with van der Waals surface area (Å²) >= 11 is 0. The second-order valence-electron chi connectivity index (χ2n) is 6.38. The molecule has 2 heteroatoms. The molecule has 120 valence electrons. The molecule has 0 spiro atoms. The molecular weight excluding hydrogens is 314 g/mol.